The SMILES string of the molecule is COC(=O)/C=C/c1cncc(C=Cc2cccc(Nc3ncccc3N)c2)c1. The van der Waals surface area contributed by atoms with Crippen LogP contribution >= 0.6 is 0 Å². The fourth-order valence-corrected chi connectivity index (χ4v) is 2.46. The topological polar surface area (TPSA) is 90.1 Å². The Morgan fingerprint density at radius 1 is 1.04 bits per heavy atom. The normalized spacial score (nSPS) is 11.0. The molecule has 0 saturated carbocycles. The summed E-state index contributed by atoms with van der Waals surface area (Å²) in [6.07, 6.45) is 12.1. The number of nitrogens with two attached hydrogens (primary N) is 1. The summed E-state index contributed by atoms with van der Waals surface area (Å²) in [4.78, 5) is 19.6. The second kappa shape index (κ2) is 9.14. The third kappa shape index (κ3) is 5.28. The van der Waals surface area contributed by atoms with Gasteiger partial charge in [-0.25, -0.2) is 9.78 Å². The van der Waals surface area contributed by atoms with Crippen LogP contribution in [0.2, 0.25) is 0 Å². The molecule has 3 N–H and O–H groups in total. The van der Waals surface area contributed by atoms with E-state index in [1.54, 1.807) is 36.8 Å². The molecule has 0 aliphatic heterocycles. The standard InChI is InChI=1S/C22H20N4O2/c1-28-21(27)10-9-18-12-17(14-24-15-18)8-7-16-4-2-5-19(13-16)26-22-20(23)6-3-11-25-22/h2-15H,23H2,1H3,(H,25,26)/b8-7?,10-9+. The second-order valence-electron chi connectivity index (χ2n) is 5.93. The number of carbonyl (C=O) groups excluding carboxylic acids is 1. The van der Waals surface area contributed by atoms with Crippen molar-refractivity contribution in [2.24, 2.45) is 0 Å². The van der Waals surface area contributed by atoms with Crippen molar-refractivity contribution in [3.63, 3.8) is 0 Å². The van der Waals surface area contributed by atoms with Crippen molar-refractivity contribution in [3.8, 4) is 0 Å². The van der Waals surface area contributed by atoms with Gasteiger partial charge in [-0.1, -0.05) is 24.3 Å². The fraction of sp³-hybridized carbons (Fsp3) is 0.0455. The molecular formula is C22H20N4O2. The van der Waals surface area contributed by atoms with Gasteiger partial charge in [0.15, 0.2) is 5.82 Å². The summed E-state index contributed by atoms with van der Waals surface area (Å²) in [6.45, 7) is 0. The summed E-state index contributed by atoms with van der Waals surface area (Å²) < 4.78 is 4.59. The number of pyridine rings is 2. The zero-order chi connectivity index (χ0) is 19.8. The maximum Gasteiger partial charge on any atom is 0.330 e. The number of benzene rings is 1. The number of nitrogens with one attached hydrogen (secondary N) is 1. The van der Waals surface area contributed by atoms with Gasteiger partial charge in [0.05, 0.1) is 12.8 Å². The number of ether oxygens (including phenoxy) is 1. The smallest absolute Gasteiger partial charge is 0.330 e. The van der Waals surface area contributed by atoms with E-state index >= 15 is 0 Å². The molecule has 28 heavy (non-hydrogen) atoms. The van der Waals surface area contributed by atoms with Crippen molar-refractivity contribution >= 4 is 41.4 Å². The molecule has 0 amide bonds. The van der Waals surface area contributed by atoms with E-state index < -0.39 is 5.97 Å². The van der Waals surface area contributed by atoms with E-state index in [9.17, 15) is 4.79 Å². The van der Waals surface area contributed by atoms with Crippen molar-refractivity contribution in [2.45, 2.75) is 0 Å². The minimum atomic E-state index is -0.404. The van der Waals surface area contributed by atoms with Gasteiger partial charge in [-0.2, -0.15) is 0 Å². The van der Waals surface area contributed by atoms with Crippen LogP contribution in [0.15, 0.2) is 67.1 Å². The van der Waals surface area contributed by atoms with E-state index in [0.717, 1.165) is 22.4 Å². The van der Waals surface area contributed by atoms with Crippen molar-refractivity contribution < 1.29 is 9.53 Å². The first-order chi connectivity index (χ1) is 13.6. The Balaban J connectivity index is 1.73. The van der Waals surface area contributed by atoms with Gasteiger partial charge < -0.3 is 15.8 Å². The highest BCUT2D eigenvalue weighted by atomic mass is 16.5. The van der Waals surface area contributed by atoms with Gasteiger partial charge in [0.2, 0.25) is 0 Å². The fourth-order valence-electron chi connectivity index (χ4n) is 2.46. The summed E-state index contributed by atoms with van der Waals surface area (Å²) in [6, 6.07) is 13.4. The van der Waals surface area contributed by atoms with Crippen LogP contribution in [-0.2, 0) is 9.53 Å². The number of esters is 1. The highest BCUT2D eigenvalue weighted by molar-refractivity contribution is 5.87. The molecule has 2 heterocycles. The Morgan fingerprint density at radius 3 is 2.61 bits per heavy atom. The van der Waals surface area contributed by atoms with Crippen LogP contribution in [0.3, 0.4) is 0 Å². The first-order valence-electron chi connectivity index (χ1n) is 8.61. The number of aromatic nitrogens is 2. The Bertz CT molecular complexity index is 1030. The number of nitrogen functional groups attached to an aromatic ring is 1. The number of rotatable bonds is 6. The number of methoxy groups -OCH3 is 1. The van der Waals surface area contributed by atoms with Crippen LogP contribution in [0.1, 0.15) is 16.7 Å². The van der Waals surface area contributed by atoms with Crippen molar-refractivity contribution in [1.29, 1.82) is 0 Å². The van der Waals surface area contributed by atoms with Crippen LogP contribution < -0.4 is 11.1 Å². The molecule has 2 aromatic heterocycles. The Labute approximate surface area is 163 Å². The van der Waals surface area contributed by atoms with Crippen LogP contribution in [-0.4, -0.2) is 23.0 Å². The summed E-state index contributed by atoms with van der Waals surface area (Å²) in [5.41, 5.74) is 10.1. The molecule has 0 aliphatic carbocycles. The lowest BCUT2D eigenvalue weighted by atomic mass is 10.1. The van der Waals surface area contributed by atoms with E-state index in [4.69, 9.17) is 5.73 Å². The van der Waals surface area contributed by atoms with E-state index in [1.807, 2.05) is 42.5 Å². The van der Waals surface area contributed by atoms with Crippen molar-refractivity contribution in [1.82, 2.24) is 9.97 Å². The summed E-state index contributed by atoms with van der Waals surface area (Å²) in [5.74, 6) is 0.219. The average molecular weight is 372 g/mol. The molecule has 1 aromatic carbocycles. The summed E-state index contributed by atoms with van der Waals surface area (Å²) >= 11 is 0. The highest BCUT2D eigenvalue weighted by Gasteiger charge is 2.00. The molecule has 0 unspecified atom stereocenters. The van der Waals surface area contributed by atoms with Crippen LogP contribution in [0.5, 0.6) is 0 Å². The van der Waals surface area contributed by atoms with Gasteiger partial charge in [0, 0.05) is 30.4 Å². The first kappa shape index (κ1) is 18.8. The molecule has 6 heteroatoms. The lowest BCUT2D eigenvalue weighted by Crippen LogP contribution is -1.98. The number of nitrogens with zero attached hydrogens (tertiary/aromatic N) is 2. The first-order valence-corrected chi connectivity index (χ1v) is 8.61. The number of hydrogen-bond donors (Lipinski definition) is 2. The van der Waals surface area contributed by atoms with Gasteiger partial charge in [0.1, 0.15) is 0 Å². The minimum Gasteiger partial charge on any atom is -0.466 e. The lowest BCUT2D eigenvalue weighted by Gasteiger charge is -2.08. The molecule has 3 aromatic rings. The molecule has 140 valence electrons. The highest BCUT2D eigenvalue weighted by Crippen LogP contribution is 2.21. The lowest BCUT2D eigenvalue weighted by molar-refractivity contribution is -0.134. The zero-order valence-corrected chi connectivity index (χ0v) is 15.4. The number of hydrogen-bond acceptors (Lipinski definition) is 6. The molecule has 0 saturated heterocycles. The van der Waals surface area contributed by atoms with Gasteiger partial charge >= 0.3 is 5.97 Å². The van der Waals surface area contributed by atoms with Crippen molar-refractivity contribution in [2.75, 3.05) is 18.2 Å². The van der Waals surface area contributed by atoms with E-state index in [0.29, 0.717) is 11.5 Å². The predicted octanol–water partition coefficient (Wildman–Crippen LogP) is 4.16. The van der Waals surface area contributed by atoms with Gasteiger partial charge in [-0.05, 0) is 53.1 Å². The second-order valence-corrected chi connectivity index (χ2v) is 5.93. The third-order valence-corrected chi connectivity index (χ3v) is 3.85. The van der Waals surface area contributed by atoms with E-state index in [-0.39, 0.29) is 0 Å². The van der Waals surface area contributed by atoms with Gasteiger partial charge in [0.25, 0.3) is 0 Å². The van der Waals surface area contributed by atoms with Crippen molar-refractivity contribution in [3.05, 3.63) is 83.8 Å². The van der Waals surface area contributed by atoms with Gasteiger partial charge in [-0.3, -0.25) is 4.98 Å². The Hall–Kier alpha value is -3.93. The van der Waals surface area contributed by atoms with Crippen LogP contribution in [0, 0.1) is 0 Å². The quantitative estimate of drug-likeness (QED) is 0.499. The third-order valence-electron chi connectivity index (χ3n) is 3.85. The maximum atomic E-state index is 11.2. The molecule has 0 atom stereocenters. The summed E-state index contributed by atoms with van der Waals surface area (Å²) in [7, 11) is 1.34. The molecule has 6 nitrogen and oxygen atoms in total. The molecular weight excluding hydrogens is 352 g/mol. The zero-order valence-electron chi connectivity index (χ0n) is 15.4. The number of carbonyl (C=O) groups is 1. The Kier molecular flexibility index (Phi) is 6.15. The molecule has 0 spiro atoms. The molecule has 3 rings (SSSR count). The van der Waals surface area contributed by atoms with E-state index in [2.05, 4.69) is 20.0 Å². The predicted molar refractivity (Wildman–Crippen MR) is 113 cm³/mol. The van der Waals surface area contributed by atoms with E-state index in [1.165, 1.54) is 13.2 Å². The largest absolute Gasteiger partial charge is 0.466 e. The molecule has 0 bridgehead atoms. The Morgan fingerprint density at radius 2 is 1.82 bits per heavy atom. The number of anilines is 3. The van der Waals surface area contributed by atoms with Crippen LogP contribution in [0.4, 0.5) is 17.2 Å². The van der Waals surface area contributed by atoms with Crippen LogP contribution in [0.25, 0.3) is 18.2 Å². The molecule has 0 radical (unpaired) electrons. The minimum absolute atomic E-state index is 0.404. The summed E-state index contributed by atoms with van der Waals surface area (Å²) in [5, 5.41) is 3.22. The monoisotopic (exact) mass is 372 g/mol. The maximum absolute atomic E-state index is 11.2. The molecule has 0 aliphatic rings. The average Bonchev–Trinajstić information content (AvgIpc) is 2.73. The molecule has 0 fully saturated rings. The van der Waals surface area contributed by atoms with Gasteiger partial charge in [-0.15, -0.1) is 0 Å².